The highest BCUT2D eigenvalue weighted by Crippen LogP contribution is 2.34. The van der Waals surface area contributed by atoms with E-state index in [1.54, 1.807) is 0 Å². The van der Waals surface area contributed by atoms with Crippen molar-refractivity contribution in [2.75, 3.05) is 13.2 Å². The Bertz CT molecular complexity index is 187. The van der Waals surface area contributed by atoms with E-state index in [0.717, 1.165) is 12.8 Å². The van der Waals surface area contributed by atoms with E-state index in [0.29, 0.717) is 0 Å². The summed E-state index contributed by atoms with van der Waals surface area (Å²) in [5.41, 5.74) is -0.322. The van der Waals surface area contributed by atoms with Gasteiger partial charge < -0.3 is 15.2 Å². The predicted molar refractivity (Wildman–Crippen MR) is 48.3 cm³/mol. The van der Waals surface area contributed by atoms with Gasteiger partial charge in [0.1, 0.15) is 6.61 Å². The lowest BCUT2D eigenvalue weighted by molar-refractivity contribution is -0.128. The lowest BCUT2D eigenvalue weighted by Crippen LogP contribution is -2.41. The SMILES string of the molecule is CC(C)OCC(=O)NC1(CO)CC1. The van der Waals surface area contributed by atoms with Crippen molar-refractivity contribution in [2.45, 2.75) is 38.3 Å². The predicted octanol–water partition coefficient (Wildman–Crippen LogP) is 0.0525. The average molecular weight is 187 g/mol. The zero-order valence-corrected chi connectivity index (χ0v) is 8.17. The van der Waals surface area contributed by atoms with Crippen LogP contribution >= 0.6 is 0 Å². The van der Waals surface area contributed by atoms with Gasteiger partial charge in [0.15, 0.2) is 0 Å². The molecule has 0 bridgehead atoms. The topological polar surface area (TPSA) is 58.6 Å². The maximum absolute atomic E-state index is 11.2. The van der Waals surface area contributed by atoms with E-state index in [-0.39, 0.29) is 30.8 Å². The molecule has 1 rings (SSSR count). The van der Waals surface area contributed by atoms with Gasteiger partial charge in [-0.2, -0.15) is 0 Å². The summed E-state index contributed by atoms with van der Waals surface area (Å²) in [6, 6.07) is 0. The highest BCUT2D eigenvalue weighted by atomic mass is 16.5. The highest BCUT2D eigenvalue weighted by molar-refractivity contribution is 5.78. The quantitative estimate of drug-likeness (QED) is 0.639. The lowest BCUT2D eigenvalue weighted by Gasteiger charge is -2.14. The normalized spacial score (nSPS) is 18.8. The first kappa shape index (κ1) is 10.5. The zero-order valence-electron chi connectivity index (χ0n) is 8.17. The summed E-state index contributed by atoms with van der Waals surface area (Å²) in [7, 11) is 0. The molecule has 0 radical (unpaired) electrons. The van der Waals surface area contributed by atoms with E-state index < -0.39 is 0 Å². The van der Waals surface area contributed by atoms with Gasteiger partial charge in [0.25, 0.3) is 0 Å². The maximum atomic E-state index is 11.2. The van der Waals surface area contributed by atoms with Gasteiger partial charge >= 0.3 is 0 Å². The van der Waals surface area contributed by atoms with E-state index in [2.05, 4.69) is 5.32 Å². The second-order valence-corrected chi connectivity index (χ2v) is 3.85. The molecule has 4 nitrogen and oxygen atoms in total. The molecule has 0 saturated heterocycles. The largest absolute Gasteiger partial charge is 0.394 e. The van der Waals surface area contributed by atoms with Crippen LogP contribution in [0.25, 0.3) is 0 Å². The summed E-state index contributed by atoms with van der Waals surface area (Å²) < 4.78 is 5.13. The zero-order chi connectivity index (χ0) is 9.90. The fourth-order valence-electron chi connectivity index (χ4n) is 1.05. The van der Waals surface area contributed by atoms with Gasteiger partial charge in [-0.3, -0.25) is 4.79 Å². The number of carbonyl (C=O) groups is 1. The Morgan fingerprint density at radius 3 is 2.62 bits per heavy atom. The third-order valence-corrected chi connectivity index (χ3v) is 2.11. The summed E-state index contributed by atoms with van der Waals surface area (Å²) in [5, 5.41) is 11.7. The molecule has 0 spiro atoms. The molecule has 1 aliphatic rings. The van der Waals surface area contributed by atoms with Gasteiger partial charge in [0.2, 0.25) is 5.91 Å². The number of aliphatic hydroxyl groups excluding tert-OH is 1. The molecule has 4 heteroatoms. The van der Waals surface area contributed by atoms with E-state index in [1.165, 1.54) is 0 Å². The van der Waals surface area contributed by atoms with Gasteiger partial charge in [0, 0.05) is 0 Å². The molecular weight excluding hydrogens is 170 g/mol. The number of carbonyl (C=O) groups excluding carboxylic acids is 1. The number of rotatable bonds is 5. The third kappa shape index (κ3) is 3.32. The standard InChI is InChI=1S/C9H17NO3/c1-7(2)13-5-8(12)10-9(6-11)3-4-9/h7,11H,3-6H2,1-2H3,(H,10,12). The van der Waals surface area contributed by atoms with Crippen LogP contribution in [0.2, 0.25) is 0 Å². The minimum Gasteiger partial charge on any atom is -0.394 e. The monoisotopic (exact) mass is 187 g/mol. The van der Waals surface area contributed by atoms with Crippen molar-refractivity contribution in [3.63, 3.8) is 0 Å². The summed E-state index contributed by atoms with van der Waals surface area (Å²) in [5.74, 6) is -0.139. The Balaban J connectivity index is 2.18. The van der Waals surface area contributed by atoms with Gasteiger partial charge in [-0.15, -0.1) is 0 Å². The number of hydrogen-bond acceptors (Lipinski definition) is 3. The molecule has 0 unspecified atom stereocenters. The minimum atomic E-state index is -0.322. The number of amides is 1. The summed E-state index contributed by atoms with van der Waals surface area (Å²) in [4.78, 5) is 11.2. The molecule has 0 atom stereocenters. The first-order valence-electron chi connectivity index (χ1n) is 4.61. The van der Waals surface area contributed by atoms with Crippen molar-refractivity contribution in [1.29, 1.82) is 0 Å². The molecule has 1 saturated carbocycles. The van der Waals surface area contributed by atoms with E-state index in [1.807, 2.05) is 13.8 Å². The fourth-order valence-corrected chi connectivity index (χ4v) is 1.05. The molecule has 2 N–H and O–H groups in total. The van der Waals surface area contributed by atoms with E-state index in [4.69, 9.17) is 9.84 Å². The first-order valence-corrected chi connectivity index (χ1v) is 4.61. The third-order valence-electron chi connectivity index (χ3n) is 2.11. The lowest BCUT2D eigenvalue weighted by atomic mass is 10.3. The number of nitrogens with one attached hydrogen (secondary N) is 1. The molecule has 1 fully saturated rings. The van der Waals surface area contributed by atoms with Crippen molar-refractivity contribution >= 4 is 5.91 Å². The Morgan fingerprint density at radius 2 is 2.23 bits per heavy atom. The Labute approximate surface area is 78.3 Å². The van der Waals surface area contributed by atoms with Gasteiger partial charge in [-0.25, -0.2) is 0 Å². The van der Waals surface area contributed by atoms with E-state index in [9.17, 15) is 4.79 Å². The molecule has 76 valence electrons. The van der Waals surface area contributed by atoms with Gasteiger partial charge in [0.05, 0.1) is 18.2 Å². The van der Waals surface area contributed by atoms with Crippen molar-refractivity contribution < 1.29 is 14.6 Å². The number of hydrogen-bond donors (Lipinski definition) is 2. The highest BCUT2D eigenvalue weighted by Gasteiger charge is 2.43. The Kier molecular flexibility index (Phi) is 3.27. The van der Waals surface area contributed by atoms with Gasteiger partial charge in [-0.1, -0.05) is 0 Å². The van der Waals surface area contributed by atoms with Crippen LogP contribution in [0.5, 0.6) is 0 Å². The molecule has 1 amide bonds. The van der Waals surface area contributed by atoms with Crippen LogP contribution in [0, 0.1) is 0 Å². The van der Waals surface area contributed by atoms with Crippen molar-refractivity contribution in [1.82, 2.24) is 5.32 Å². The van der Waals surface area contributed by atoms with Crippen LogP contribution in [0.3, 0.4) is 0 Å². The van der Waals surface area contributed by atoms with Crippen molar-refractivity contribution in [3.8, 4) is 0 Å². The molecule has 0 aromatic heterocycles. The summed E-state index contributed by atoms with van der Waals surface area (Å²) in [6.45, 7) is 3.87. The van der Waals surface area contributed by atoms with Crippen molar-refractivity contribution in [3.05, 3.63) is 0 Å². The second kappa shape index (κ2) is 4.07. The number of ether oxygens (including phenoxy) is 1. The van der Waals surface area contributed by atoms with Crippen LogP contribution in [0.15, 0.2) is 0 Å². The molecule has 0 heterocycles. The first-order chi connectivity index (χ1) is 6.08. The van der Waals surface area contributed by atoms with Crippen LogP contribution in [0.1, 0.15) is 26.7 Å². The van der Waals surface area contributed by atoms with Crippen LogP contribution in [-0.2, 0) is 9.53 Å². The molecule has 0 aromatic carbocycles. The smallest absolute Gasteiger partial charge is 0.246 e. The summed E-state index contributed by atoms with van der Waals surface area (Å²) >= 11 is 0. The van der Waals surface area contributed by atoms with Crippen molar-refractivity contribution in [2.24, 2.45) is 0 Å². The van der Waals surface area contributed by atoms with E-state index >= 15 is 0 Å². The molecule has 13 heavy (non-hydrogen) atoms. The van der Waals surface area contributed by atoms with Gasteiger partial charge in [-0.05, 0) is 26.7 Å². The minimum absolute atomic E-state index is 0.0282. The second-order valence-electron chi connectivity index (χ2n) is 3.85. The Hall–Kier alpha value is -0.610. The fraction of sp³-hybridized carbons (Fsp3) is 0.889. The molecule has 0 aromatic rings. The maximum Gasteiger partial charge on any atom is 0.246 e. The Morgan fingerprint density at radius 1 is 1.62 bits per heavy atom. The molecule has 1 aliphatic carbocycles. The van der Waals surface area contributed by atoms with Crippen LogP contribution in [-0.4, -0.2) is 35.9 Å². The van der Waals surface area contributed by atoms with Crippen LogP contribution in [0.4, 0.5) is 0 Å². The molecular formula is C9H17NO3. The van der Waals surface area contributed by atoms with Crippen LogP contribution < -0.4 is 5.32 Å². The number of aliphatic hydroxyl groups is 1. The summed E-state index contributed by atoms with van der Waals surface area (Å²) in [6.07, 6.45) is 1.81. The average Bonchev–Trinajstić information content (AvgIpc) is 2.82. The molecule has 0 aliphatic heterocycles.